The van der Waals surface area contributed by atoms with Crippen LogP contribution >= 0.6 is 0 Å². The van der Waals surface area contributed by atoms with Crippen molar-refractivity contribution in [3.05, 3.63) is 59.7 Å². The molecule has 5 nitrogen and oxygen atoms in total. The van der Waals surface area contributed by atoms with Gasteiger partial charge in [0.2, 0.25) is 0 Å². The molecule has 0 radical (unpaired) electrons. The van der Waals surface area contributed by atoms with Gasteiger partial charge >= 0.3 is 0 Å². The molecule has 2 rings (SSSR count). The Hall–Kier alpha value is -2.82. The van der Waals surface area contributed by atoms with Crippen LogP contribution in [0.15, 0.2) is 53.6 Å². The monoisotopic (exact) mass is 396 g/mol. The normalized spacial score (nSPS) is 10.8. The van der Waals surface area contributed by atoms with Gasteiger partial charge in [0.25, 0.3) is 5.91 Å². The molecule has 0 fully saturated rings. The summed E-state index contributed by atoms with van der Waals surface area (Å²) in [4.78, 5) is 12.0. The maximum Gasteiger partial charge on any atom is 0.277 e. The number of para-hydroxylation sites is 1. The molecule has 0 heterocycles. The fourth-order valence-corrected chi connectivity index (χ4v) is 2.83. The van der Waals surface area contributed by atoms with E-state index < -0.39 is 0 Å². The van der Waals surface area contributed by atoms with Crippen LogP contribution in [0.2, 0.25) is 0 Å². The predicted molar refractivity (Wildman–Crippen MR) is 118 cm³/mol. The molecule has 0 bridgehead atoms. The lowest BCUT2D eigenvalue weighted by Crippen LogP contribution is -2.24. The van der Waals surface area contributed by atoms with Crippen molar-refractivity contribution < 1.29 is 14.3 Å². The van der Waals surface area contributed by atoms with Crippen LogP contribution in [-0.2, 0) is 11.2 Å². The number of amides is 1. The molecule has 0 atom stereocenters. The van der Waals surface area contributed by atoms with Crippen LogP contribution in [0.4, 0.5) is 0 Å². The van der Waals surface area contributed by atoms with Crippen LogP contribution in [0, 0.1) is 0 Å². The van der Waals surface area contributed by atoms with Gasteiger partial charge in [0.05, 0.1) is 12.8 Å². The number of benzene rings is 2. The van der Waals surface area contributed by atoms with Crippen LogP contribution < -0.4 is 14.9 Å². The van der Waals surface area contributed by atoms with Gasteiger partial charge in [-0.15, -0.1) is 0 Å². The van der Waals surface area contributed by atoms with E-state index in [1.165, 1.54) is 24.8 Å². The first-order chi connectivity index (χ1) is 14.2. The second-order valence-electron chi connectivity index (χ2n) is 6.92. The summed E-state index contributed by atoms with van der Waals surface area (Å²) in [6, 6.07) is 15.5. The highest BCUT2D eigenvalue weighted by Crippen LogP contribution is 2.16. The van der Waals surface area contributed by atoms with E-state index in [1.54, 1.807) is 6.21 Å². The molecule has 29 heavy (non-hydrogen) atoms. The molecule has 0 aliphatic heterocycles. The maximum absolute atomic E-state index is 12.0. The van der Waals surface area contributed by atoms with Crippen molar-refractivity contribution >= 4 is 12.1 Å². The van der Waals surface area contributed by atoms with E-state index in [1.807, 2.05) is 48.5 Å². The van der Waals surface area contributed by atoms with Crippen LogP contribution in [0.5, 0.6) is 11.5 Å². The van der Waals surface area contributed by atoms with Gasteiger partial charge in [0.1, 0.15) is 11.5 Å². The summed E-state index contributed by atoms with van der Waals surface area (Å²) in [7, 11) is 0. The summed E-state index contributed by atoms with van der Waals surface area (Å²) in [6.45, 7) is 4.94. The van der Waals surface area contributed by atoms with Crippen molar-refractivity contribution in [3.63, 3.8) is 0 Å². The molecule has 0 aliphatic carbocycles. The zero-order valence-electron chi connectivity index (χ0n) is 17.5. The average molecular weight is 397 g/mol. The largest absolute Gasteiger partial charge is 0.493 e. The highest BCUT2D eigenvalue weighted by atomic mass is 16.5. The molecule has 2 aromatic rings. The van der Waals surface area contributed by atoms with Crippen molar-refractivity contribution in [2.45, 2.75) is 52.4 Å². The number of rotatable bonds is 13. The van der Waals surface area contributed by atoms with E-state index in [9.17, 15) is 4.79 Å². The van der Waals surface area contributed by atoms with Gasteiger partial charge in [-0.05, 0) is 42.7 Å². The molecule has 1 amide bonds. The molecule has 1 N–H and O–H groups in total. The summed E-state index contributed by atoms with van der Waals surface area (Å²) in [5.74, 6) is 1.13. The van der Waals surface area contributed by atoms with Crippen LogP contribution in [-0.4, -0.2) is 25.3 Å². The lowest BCUT2D eigenvalue weighted by molar-refractivity contribution is -0.123. The Morgan fingerprint density at radius 2 is 1.76 bits per heavy atom. The van der Waals surface area contributed by atoms with Crippen molar-refractivity contribution in [1.82, 2.24) is 5.43 Å². The number of nitrogens with zero attached hydrogens (tertiary/aromatic N) is 1. The zero-order valence-corrected chi connectivity index (χ0v) is 17.5. The SMILES string of the molecule is CCCCCCOc1ccccc1C=NNC(=O)COc1ccc(CCC)cc1. The minimum atomic E-state index is -0.308. The first-order valence-electron chi connectivity index (χ1n) is 10.5. The molecule has 5 heteroatoms. The van der Waals surface area contributed by atoms with E-state index in [2.05, 4.69) is 24.4 Å². The predicted octanol–water partition coefficient (Wildman–Crippen LogP) is 5.13. The smallest absolute Gasteiger partial charge is 0.277 e. The van der Waals surface area contributed by atoms with Gasteiger partial charge in [-0.2, -0.15) is 5.10 Å². The number of unbranched alkanes of at least 4 members (excludes halogenated alkanes) is 3. The molecule has 0 aliphatic rings. The number of ether oxygens (including phenoxy) is 2. The number of hydrazone groups is 1. The third-order valence-corrected chi connectivity index (χ3v) is 4.40. The van der Waals surface area contributed by atoms with Crippen molar-refractivity contribution in [3.8, 4) is 11.5 Å². The summed E-state index contributed by atoms with van der Waals surface area (Å²) >= 11 is 0. The Morgan fingerprint density at radius 1 is 0.966 bits per heavy atom. The van der Waals surface area contributed by atoms with Gasteiger partial charge in [-0.25, -0.2) is 5.43 Å². The van der Waals surface area contributed by atoms with E-state index in [-0.39, 0.29) is 12.5 Å². The molecule has 2 aromatic carbocycles. The topological polar surface area (TPSA) is 59.9 Å². The summed E-state index contributed by atoms with van der Waals surface area (Å²) < 4.78 is 11.3. The molecule has 0 saturated carbocycles. The van der Waals surface area contributed by atoms with Crippen molar-refractivity contribution in [2.24, 2.45) is 5.10 Å². The average Bonchev–Trinajstić information content (AvgIpc) is 2.74. The van der Waals surface area contributed by atoms with Gasteiger partial charge in [0, 0.05) is 5.56 Å². The number of carbonyl (C=O) groups excluding carboxylic acids is 1. The number of aryl methyl sites for hydroxylation is 1. The van der Waals surface area contributed by atoms with E-state index in [0.29, 0.717) is 12.4 Å². The van der Waals surface area contributed by atoms with E-state index in [4.69, 9.17) is 9.47 Å². The van der Waals surface area contributed by atoms with Gasteiger partial charge in [-0.1, -0.05) is 63.8 Å². The number of hydrogen-bond acceptors (Lipinski definition) is 4. The second-order valence-corrected chi connectivity index (χ2v) is 6.92. The highest BCUT2D eigenvalue weighted by Gasteiger charge is 2.03. The quantitative estimate of drug-likeness (QED) is 0.290. The molecule has 0 saturated heterocycles. The lowest BCUT2D eigenvalue weighted by atomic mass is 10.1. The third-order valence-electron chi connectivity index (χ3n) is 4.40. The zero-order chi connectivity index (χ0) is 20.7. The fourth-order valence-electron chi connectivity index (χ4n) is 2.83. The first kappa shape index (κ1) is 22.5. The van der Waals surface area contributed by atoms with Crippen LogP contribution in [0.25, 0.3) is 0 Å². The van der Waals surface area contributed by atoms with Crippen LogP contribution in [0.3, 0.4) is 0 Å². The Bertz CT molecular complexity index is 757. The van der Waals surface area contributed by atoms with Gasteiger partial charge < -0.3 is 9.47 Å². The minimum absolute atomic E-state index is 0.0833. The third kappa shape index (κ3) is 8.81. The standard InChI is InChI=1S/C24H32N2O3/c1-3-5-6-9-17-28-23-12-8-7-11-21(23)18-25-26-24(27)19-29-22-15-13-20(10-4-2)14-16-22/h7-8,11-16,18H,3-6,9-10,17,19H2,1-2H3,(H,26,27). The molecular weight excluding hydrogens is 364 g/mol. The summed E-state index contributed by atoms with van der Waals surface area (Å²) in [5.41, 5.74) is 4.59. The lowest BCUT2D eigenvalue weighted by Gasteiger charge is -2.09. The Kier molecular flexibility index (Phi) is 10.4. The highest BCUT2D eigenvalue weighted by molar-refractivity contribution is 5.85. The Labute approximate surface area is 174 Å². The molecule has 156 valence electrons. The van der Waals surface area contributed by atoms with Crippen molar-refractivity contribution in [2.75, 3.05) is 13.2 Å². The molecule has 0 unspecified atom stereocenters. The second kappa shape index (κ2) is 13.4. The Balaban J connectivity index is 1.76. The maximum atomic E-state index is 12.0. The fraction of sp³-hybridized carbons (Fsp3) is 0.417. The number of carbonyl (C=O) groups is 1. The first-order valence-corrected chi connectivity index (χ1v) is 10.5. The molecule has 0 spiro atoms. The minimum Gasteiger partial charge on any atom is -0.493 e. The van der Waals surface area contributed by atoms with E-state index in [0.717, 1.165) is 30.6 Å². The van der Waals surface area contributed by atoms with Crippen molar-refractivity contribution in [1.29, 1.82) is 0 Å². The summed E-state index contributed by atoms with van der Waals surface area (Å²) in [6.07, 6.45) is 8.38. The molecule has 0 aromatic heterocycles. The number of hydrogen-bond donors (Lipinski definition) is 1. The van der Waals surface area contributed by atoms with Gasteiger partial charge in [-0.3, -0.25) is 4.79 Å². The summed E-state index contributed by atoms with van der Waals surface area (Å²) in [5, 5.41) is 4.03. The molecular formula is C24H32N2O3. The van der Waals surface area contributed by atoms with Gasteiger partial charge in [0.15, 0.2) is 6.61 Å². The van der Waals surface area contributed by atoms with E-state index >= 15 is 0 Å². The Morgan fingerprint density at radius 3 is 2.52 bits per heavy atom. The number of nitrogens with one attached hydrogen (secondary N) is 1. The van der Waals surface area contributed by atoms with Crippen LogP contribution in [0.1, 0.15) is 57.1 Å².